The Balaban J connectivity index is 2.42. The molecule has 0 aromatic carbocycles. The van der Waals surface area contributed by atoms with Crippen molar-refractivity contribution in [1.29, 1.82) is 0 Å². The second-order valence-electron chi connectivity index (χ2n) is 2.61. The number of hydrazone groups is 1. The highest BCUT2D eigenvalue weighted by Crippen LogP contribution is 2.11. The van der Waals surface area contributed by atoms with E-state index in [1.165, 1.54) is 0 Å². The van der Waals surface area contributed by atoms with Gasteiger partial charge in [0.05, 0.1) is 13.1 Å². The zero-order chi connectivity index (χ0) is 7.56. The predicted octanol–water partition coefficient (Wildman–Crippen LogP) is -0.0269. The fourth-order valence-corrected chi connectivity index (χ4v) is 1.17. The number of halogens is 1. The molecule has 1 rings (SSSR count). The summed E-state index contributed by atoms with van der Waals surface area (Å²) in [6.07, 6.45) is -0.388. The molecule has 0 spiro atoms. The van der Waals surface area contributed by atoms with E-state index in [1.807, 2.05) is 0 Å². The van der Waals surface area contributed by atoms with Crippen LogP contribution in [0.4, 0.5) is 4.39 Å². The molecule has 0 saturated carbocycles. The number of hydrogen-bond donors (Lipinski definition) is 1. The molecular formula is C6H12FN3. The van der Waals surface area contributed by atoms with Crippen LogP contribution in [0, 0.1) is 0 Å². The molecule has 1 heterocycles. The molecule has 3 nitrogen and oxygen atoms in total. The van der Waals surface area contributed by atoms with Crippen molar-refractivity contribution in [3.63, 3.8) is 0 Å². The first-order valence-electron chi connectivity index (χ1n) is 3.33. The summed E-state index contributed by atoms with van der Waals surface area (Å²) in [6, 6.07) is -0.0887. The minimum atomic E-state index is -0.839. The largest absolute Gasteiger partial charge is 0.326 e. The second kappa shape index (κ2) is 2.96. The van der Waals surface area contributed by atoms with Gasteiger partial charge in [0.25, 0.3) is 0 Å². The normalized spacial score (nSPS) is 34.0. The van der Waals surface area contributed by atoms with Crippen LogP contribution in [-0.2, 0) is 0 Å². The van der Waals surface area contributed by atoms with Crippen LogP contribution in [0.25, 0.3) is 0 Å². The van der Waals surface area contributed by atoms with Crippen LogP contribution in [0.1, 0.15) is 6.42 Å². The molecule has 0 bridgehead atoms. The maximum absolute atomic E-state index is 12.7. The van der Waals surface area contributed by atoms with E-state index in [0.29, 0.717) is 19.5 Å². The van der Waals surface area contributed by atoms with Crippen LogP contribution in [0.3, 0.4) is 0 Å². The lowest BCUT2D eigenvalue weighted by Crippen LogP contribution is -2.45. The maximum atomic E-state index is 12.7. The molecule has 1 aliphatic heterocycles. The quantitative estimate of drug-likeness (QED) is 0.526. The van der Waals surface area contributed by atoms with Gasteiger partial charge < -0.3 is 5.73 Å². The first kappa shape index (κ1) is 7.47. The molecule has 4 heteroatoms. The molecular weight excluding hydrogens is 133 g/mol. The zero-order valence-corrected chi connectivity index (χ0v) is 5.83. The van der Waals surface area contributed by atoms with Crippen LogP contribution >= 0.6 is 0 Å². The third kappa shape index (κ3) is 1.67. The molecule has 2 N–H and O–H groups in total. The van der Waals surface area contributed by atoms with Crippen molar-refractivity contribution in [3.8, 4) is 0 Å². The lowest BCUT2D eigenvalue weighted by atomic mass is 10.1. The highest BCUT2D eigenvalue weighted by atomic mass is 19.1. The van der Waals surface area contributed by atoms with Crippen LogP contribution < -0.4 is 5.73 Å². The van der Waals surface area contributed by atoms with Crippen LogP contribution in [0.2, 0.25) is 0 Å². The van der Waals surface area contributed by atoms with Crippen LogP contribution in [-0.4, -0.2) is 37.0 Å². The van der Waals surface area contributed by atoms with Gasteiger partial charge in [-0.3, -0.25) is 5.01 Å². The standard InChI is InChI=1S/C6H12FN3/c1-9-10-3-5(7)2-6(8)4-10/h5-6H,1-4,8H2. The van der Waals surface area contributed by atoms with Crippen molar-refractivity contribution in [2.75, 3.05) is 13.1 Å². The Hall–Kier alpha value is -0.640. The van der Waals surface area contributed by atoms with Crippen LogP contribution in [0.5, 0.6) is 0 Å². The number of hydrogen-bond acceptors (Lipinski definition) is 3. The Morgan fingerprint density at radius 3 is 2.80 bits per heavy atom. The molecule has 2 atom stereocenters. The number of nitrogens with zero attached hydrogens (tertiary/aromatic N) is 2. The van der Waals surface area contributed by atoms with Gasteiger partial charge in [-0.2, -0.15) is 5.10 Å². The third-order valence-corrected chi connectivity index (χ3v) is 1.61. The van der Waals surface area contributed by atoms with Crippen molar-refractivity contribution >= 4 is 6.72 Å². The topological polar surface area (TPSA) is 41.6 Å². The fraction of sp³-hybridized carbons (Fsp3) is 0.833. The summed E-state index contributed by atoms with van der Waals surface area (Å²) in [5.74, 6) is 0. The SMILES string of the molecule is C=NN1CC(N)CC(F)C1. The average molecular weight is 145 g/mol. The molecule has 0 aliphatic carbocycles. The molecule has 0 radical (unpaired) electrons. The van der Waals surface area contributed by atoms with Crippen molar-refractivity contribution in [1.82, 2.24) is 5.01 Å². The van der Waals surface area contributed by atoms with Gasteiger partial charge in [0, 0.05) is 12.8 Å². The highest BCUT2D eigenvalue weighted by molar-refractivity contribution is 5.22. The van der Waals surface area contributed by atoms with E-state index in [4.69, 9.17) is 5.73 Å². The van der Waals surface area contributed by atoms with Gasteiger partial charge in [-0.05, 0) is 6.42 Å². The summed E-state index contributed by atoms with van der Waals surface area (Å²) in [7, 11) is 0. The van der Waals surface area contributed by atoms with Crippen molar-refractivity contribution in [3.05, 3.63) is 0 Å². The van der Waals surface area contributed by atoms with Crippen molar-refractivity contribution in [2.24, 2.45) is 10.8 Å². The first-order chi connectivity index (χ1) is 4.72. The van der Waals surface area contributed by atoms with E-state index in [2.05, 4.69) is 11.8 Å². The lowest BCUT2D eigenvalue weighted by molar-refractivity contribution is 0.129. The Morgan fingerprint density at radius 2 is 2.30 bits per heavy atom. The Labute approximate surface area is 59.7 Å². The average Bonchev–Trinajstić information content (AvgIpc) is 1.85. The van der Waals surface area contributed by atoms with Crippen molar-refractivity contribution in [2.45, 2.75) is 18.6 Å². The summed E-state index contributed by atoms with van der Waals surface area (Å²) in [5, 5.41) is 5.18. The summed E-state index contributed by atoms with van der Waals surface area (Å²) >= 11 is 0. The number of piperidine rings is 1. The second-order valence-corrected chi connectivity index (χ2v) is 2.61. The monoisotopic (exact) mass is 145 g/mol. The Morgan fingerprint density at radius 1 is 1.60 bits per heavy atom. The van der Waals surface area contributed by atoms with E-state index in [0.717, 1.165) is 0 Å². The first-order valence-corrected chi connectivity index (χ1v) is 3.33. The van der Waals surface area contributed by atoms with Gasteiger partial charge in [0.1, 0.15) is 6.17 Å². The van der Waals surface area contributed by atoms with Gasteiger partial charge in [0.15, 0.2) is 0 Å². The maximum Gasteiger partial charge on any atom is 0.121 e. The van der Waals surface area contributed by atoms with E-state index in [-0.39, 0.29) is 6.04 Å². The lowest BCUT2D eigenvalue weighted by Gasteiger charge is -2.30. The summed E-state index contributed by atoms with van der Waals surface area (Å²) in [4.78, 5) is 0. The van der Waals surface area contributed by atoms with Gasteiger partial charge in [-0.25, -0.2) is 4.39 Å². The minimum Gasteiger partial charge on any atom is -0.326 e. The third-order valence-electron chi connectivity index (χ3n) is 1.61. The highest BCUT2D eigenvalue weighted by Gasteiger charge is 2.22. The molecule has 0 aromatic rings. The van der Waals surface area contributed by atoms with E-state index >= 15 is 0 Å². The molecule has 2 unspecified atom stereocenters. The fourth-order valence-electron chi connectivity index (χ4n) is 1.17. The van der Waals surface area contributed by atoms with Gasteiger partial charge in [-0.1, -0.05) is 0 Å². The van der Waals surface area contributed by atoms with Gasteiger partial charge in [0.2, 0.25) is 0 Å². The molecule has 0 aromatic heterocycles. The molecule has 1 saturated heterocycles. The summed E-state index contributed by atoms with van der Waals surface area (Å²) in [5.41, 5.74) is 5.52. The molecule has 58 valence electrons. The minimum absolute atomic E-state index is 0.0887. The molecule has 10 heavy (non-hydrogen) atoms. The Bertz CT molecular complexity index is 118. The van der Waals surface area contributed by atoms with Crippen molar-refractivity contribution < 1.29 is 4.39 Å². The zero-order valence-electron chi connectivity index (χ0n) is 5.83. The van der Waals surface area contributed by atoms with Gasteiger partial charge in [-0.15, -0.1) is 0 Å². The molecule has 1 fully saturated rings. The summed E-state index contributed by atoms with van der Waals surface area (Å²) in [6.45, 7) is 4.28. The van der Waals surface area contributed by atoms with Crippen LogP contribution in [0.15, 0.2) is 5.10 Å². The summed E-state index contributed by atoms with van der Waals surface area (Å²) < 4.78 is 12.7. The van der Waals surface area contributed by atoms with E-state index in [1.54, 1.807) is 5.01 Å². The van der Waals surface area contributed by atoms with E-state index < -0.39 is 6.17 Å². The number of rotatable bonds is 1. The Kier molecular flexibility index (Phi) is 2.21. The molecule has 0 amide bonds. The predicted molar refractivity (Wildman–Crippen MR) is 38.6 cm³/mol. The smallest absolute Gasteiger partial charge is 0.121 e. The van der Waals surface area contributed by atoms with Gasteiger partial charge >= 0.3 is 0 Å². The van der Waals surface area contributed by atoms with E-state index in [9.17, 15) is 4.39 Å². The molecule has 1 aliphatic rings. The number of nitrogens with two attached hydrogens (primary N) is 1. The number of alkyl halides is 1.